The lowest BCUT2D eigenvalue weighted by Gasteiger charge is -2.23. The molecular weight excluding hydrogens is 514 g/mol. The average Bonchev–Trinajstić information content (AvgIpc) is 3.46. The molecule has 204 valence electrons. The van der Waals surface area contributed by atoms with Crippen LogP contribution in [0.4, 0.5) is 5.13 Å². The van der Waals surface area contributed by atoms with E-state index in [1.165, 1.54) is 16.2 Å². The van der Waals surface area contributed by atoms with Gasteiger partial charge < -0.3 is 13.9 Å². The molecule has 9 heteroatoms. The lowest BCUT2D eigenvalue weighted by molar-refractivity contribution is 0.0970. The molecule has 3 heterocycles. The van der Waals surface area contributed by atoms with Crippen molar-refractivity contribution in [1.82, 2.24) is 10.2 Å². The summed E-state index contributed by atoms with van der Waals surface area (Å²) >= 11 is 1.36. The standard InChI is InChI=1S/C30H33N3O5S/c1-7-11-37-21-10-9-19(15-23(21)36-8-2)26-25-27(34)20-13-17(5)18(6)14-22(20)38-28(25)29(35)33(26)30-32-31-24(39-30)12-16(3)4/h9-10,13-16,26H,7-8,11-12H2,1-6H3. The number of fused-ring (bicyclic) bond motifs is 2. The summed E-state index contributed by atoms with van der Waals surface area (Å²) in [4.78, 5) is 29.5. The van der Waals surface area contributed by atoms with E-state index in [1.807, 2.05) is 58.0 Å². The summed E-state index contributed by atoms with van der Waals surface area (Å²) in [6.07, 6.45) is 1.60. The summed E-state index contributed by atoms with van der Waals surface area (Å²) in [5.74, 6) is 1.18. The molecule has 0 radical (unpaired) electrons. The zero-order valence-corrected chi connectivity index (χ0v) is 24.0. The zero-order chi connectivity index (χ0) is 27.8. The van der Waals surface area contributed by atoms with Crippen molar-refractivity contribution in [1.29, 1.82) is 0 Å². The number of carbonyl (C=O) groups is 1. The van der Waals surface area contributed by atoms with Crippen molar-refractivity contribution < 1.29 is 18.7 Å². The van der Waals surface area contributed by atoms with Gasteiger partial charge in [-0.3, -0.25) is 14.5 Å². The molecule has 1 atom stereocenters. The summed E-state index contributed by atoms with van der Waals surface area (Å²) in [5.41, 5.74) is 3.12. The molecule has 0 fully saturated rings. The minimum atomic E-state index is -0.756. The van der Waals surface area contributed by atoms with Crippen LogP contribution in [0.15, 0.2) is 39.5 Å². The second-order valence-corrected chi connectivity index (χ2v) is 11.3. The number of anilines is 1. The van der Waals surface area contributed by atoms with E-state index in [0.717, 1.165) is 29.0 Å². The van der Waals surface area contributed by atoms with E-state index in [9.17, 15) is 9.59 Å². The zero-order valence-electron chi connectivity index (χ0n) is 23.2. The SMILES string of the molecule is CCCOc1ccc(C2c3c(oc4cc(C)c(C)cc4c3=O)C(=O)N2c2nnc(CC(C)C)s2)cc1OCC. The Kier molecular flexibility index (Phi) is 7.44. The molecule has 8 nitrogen and oxygen atoms in total. The largest absolute Gasteiger partial charge is 0.490 e. The molecule has 1 amide bonds. The number of ether oxygens (including phenoxy) is 2. The van der Waals surface area contributed by atoms with Crippen LogP contribution in [-0.4, -0.2) is 29.3 Å². The second-order valence-electron chi connectivity index (χ2n) is 10.2. The topological polar surface area (TPSA) is 94.8 Å². The first-order valence-corrected chi connectivity index (χ1v) is 14.2. The van der Waals surface area contributed by atoms with Crippen molar-refractivity contribution in [2.75, 3.05) is 18.1 Å². The van der Waals surface area contributed by atoms with Gasteiger partial charge in [-0.05, 0) is 74.1 Å². The van der Waals surface area contributed by atoms with Gasteiger partial charge in [0, 0.05) is 6.42 Å². The molecule has 1 aliphatic heterocycles. The number of amides is 1. The molecule has 0 bridgehead atoms. The van der Waals surface area contributed by atoms with Gasteiger partial charge in [-0.25, -0.2) is 0 Å². The number of benzene rings is 2. The van der Waals surface area contributed by atoms with Crippen LogP contribution in [0.25, 0.3) is 11.0 Å². The Morgan fingerprint density at radius 2 is 1.79 bits per heavy atom. The normalized spacial score (nSPS) is 14.9. The first-order valence-electron chi connectivity index (χ1n) is 13.4. The van der Waals surface area contributed by atoms with Crippen LogP contribution in [0, 0.1) is 19.8 Å². The molecule has 0 saturated carbocycles. The van der Waals surface area contributed by atoms with Crippen molar-refractivity contribution in [2.24, 2.45) is 5.92 Å². The molecular formula is C30H33N3O5S. The lowest BCUT2D eigenvalue weighted by atomic mass is 9.97. The monoisotopic (exact) mass is 547 g/mol. The first-order chi connectivity index (χ1) is 18.7. The average molecular weight is 548 g/mol. The third-order valence-corrected chi connectivity index (χ3v) is 7.72. The van der Waals surface area contributed by atoms with E-state index < -0.39 is 11.9 Å². The van der Waals surface area contributed by atoms with Crippen LogP contribution in [0.5, 0.6) is 11.5 Å². The Labute approximate surface area is 231 Å². The number of nitrogens with zero attached hydrogens (tertiary/aromatic N) is 3. The molecule has 4 aromatic rings. The van der Waals surface area contributed by atoms with Crippen LogP contribution >= 0.6 is 11.3 Å². The summed E-state index contributed by atoms with van der Waals surface area (Å²) in [5, 5.41) is 10.4. The van der Waals surface area contributed by atoms with Crippen LogP contribution in [0.1, 0.15) is 78.0 Å². The van der Waals surface area contributed by atoms with Crippen molar-refractivity contribution in [2.45, 2.75) is 60.4 Å². The molecule has 0 saturated heterocycles. The third-order valence-electron chi connectivity index (χ3n) is 6.78. The fourth-order valence-electron chi connectivity index (χ4n) is 4.81. The number of hydrogen-bond acceptors (Lipinski definition) is 8. The van der Waals surface area contributed by atoms with Gasteiger partial charge in [-0.15, -0.1) is 10.2 Å². The van der Waals surface area contributed by atoms with Gasteiger partial charge in [0.2, 0.25) is 10.9 Å². The molecule has 2 aromatic carbocycles. The van der Waals surface area contributed by atoms with Gasteiger partial charge in [-0.1, -0.05) is 38.2 Å². The van der Waals surface area contributed by atoms with Gasteiger partial charge in [-0.2, -0.15) is 0 Å². The fourth-order valence-corrected chi connectivity index (χ4v) is 5.89. The minimum absolute atomic E-state index is 0.0330. The van der Waals surface area contributed by atoms with E-state index in [1.54, 1.807) is 0 Å². The van der Waals surface area contributed by atoms with Crippen LogP contribution in [0.2, 0.25) is 0 Å². The van der Waals surface area contributed by atoms with Crippen molar-refractivity contribution in [3.8, 4) is 11.5 Å². The molecule has 1 unspecified atom stereocenters. The minimum Gasteiger partial charge on any atom is -0.490 e. The lowest BCUT2D eigenvalue weighted by Crippen LogP contribution is -2.29. The molecule has 0 spiro atoms. The quantitative estimate of drug-likeness (QED) is 0.239. The molecule has 39 heavy (non-hydrogen) atoms. The van der Waals surface area contributed by atoms with Crippen molar-refractivity contribution in [3.05, 3.63) is 73.6 Å². The van der Waals surface area contributed by atoms with Crippen LogP contribution < -0.4 is 19.8 Å². The van der Waals surface area contributed by atoms with Crippen LogP contribution in [-0.2, 0) is 6.42 Å². The fraction of sp³-hybridized carbons (Fsp3) is 0.400. The highest BCUT2D eigenvalue weighted by molar-refractivity contribution is 7.15. The van der Waals surface area contributed by atoms with Crippen molar-refractivity contribution >= 4 is 33.3 Å². The summed E-state index contributed by atoms with van der Waals surface area (Å²) in [6, 6.07) is 8.43. The van der Waals surface area contributed by atoms with Gasteiger partial charge >= 0.3 is 0 Å². The number of aryl methyl sites for hydroxylation is 2. The maximum Gasteiger partial charge on any atom is 0.297 e. The number of hydrogen-bond donors (Lipinski definition) is 0. The second kappa shape index (κ2) is 10.8. The van der Waals surface area contributed by atoms with E-state index in [-0.39, 0.29) is 11.2 Å². The van der Waals surface area contributed by atoms with E-state index >= 15 is 0 Å². The summed E-state index contributed by atoms with van der Waals surface area (Å²) in [7, 11) is 0. The highest BCUT2D eigenvalue weighted by Crippen LogP contribution is 2.44. The Bertz CT molecular complexity index is 1610. The molecule has 0 aliphatic carbocycles. The summed E-state index contributed by atoms with van der Waals surface area (Å²) < 4.78 is 18.0. The van der Waals surface area contributed by atoms with Crippen LogP contribution in [0.3, 0.4) is 0 Å². The molecule has 5 rings (SSSR count). The molecule has 1 aliphatic rings. The highest BCUT2D eigenvalue weighted by atomic mass is 32.1. The van der Waals surface area contributed by atoms with Gasteiger partial charge in [0.1, 0.15) is 10.6 Å². The Balaban J connectivity index is 1.73. The Morgan fingerprint density at radius 1 is 1.03 bits per heavy atom. The third kappa shape index (κ3) is 4.91. The van der Waals surface area contributed by atoms with Gasteiger partial charge in [0.05, 0.1) is 30.2 Å². The number of aromatic nitrogens is 2. The van der Waals surface area contributed by atoms with E-state index in [4.69, 9.17) is 13.9 Å². The first kappa shape index (κ1) is 26.9. The molecule has 0 N–H and O–H groups in total. The highest BCUT2D eigenvalue weighted by Gasteiger charge is 2.45. The number of carbonyl (C=O) groups excluding carboxylic acids is 1. The summed E-state index contributed by atoms with van der Waals surface area (Å²) in [6.45, 7) is 13.1. The maximum absolute atomic E-state index is 14.0. The van der Waals surface area contributed by atoms with Gasteiger partial charge in [0.25, 0.3) is 5.91 Å². The predicted molar refractivity (Wildman–Crippen MR) is 152 cm³/mol. The predicted octanol–water partition coefficient (Wildman–Crippen LogP) is 6.40. The van der Waals surface area contributed by atoms with Crippen molar-refractivity contribution in [3.63, 3.8) is 0 Å². The Hall–Kier alpha value is -3.72. The van der Waals surface area contributed by atoms with Gasteiger partial charge in [0.15, 0.2) is 16.9 Å². The smallest absolute Gasteiger partial charge is 0.297 e. The number of rotatable bonds is 9. The Morgan fingerprint density at radius 3 is 2.51 bits per heavy atom. The molecule has 2 aromatic heterocycles. The van der Waals surface area contributed by atoms with E-state index in [0.29, 0.717) is 57.9 Å². The maximum atomic E-state index is 14.0. The van der Waals surface area contributed by atoms with E-state index in [2.05, 4.69) is 24.0 Å².